The van der Waals surface area contributed by atoms with E-state index < -0.39 is 6.17 Å². The monoisotopic (exact) mass is 394 g/mol. The standard InChI is InChI=1S/C20H19N5O2S/c1-3-8-16(26)24-15-11-5-4-9-13(15)17-18(27)22-20(28-2)23-25(17)19(24)14-10-6-7-12-21-14/h4-7,9-12,19H,3,8H2,1-2H3/p+1. The van der Waals surface area contributed by atoms with E-state index >= 15 is 0 Å². The molecule has 7 nitrogen and oxygen atoms in total. The molecule has 1 aromatic carbocycles. The average Bonchev–Trinajstić information content (AvgIpc) is 2.73. The molecule has 1 amide bonds. The van der Waals surface area contributed by atoms with Gasteiger partial charge in [-0.05, 0) is 41.6 Å². The molecule has 0 bridgehead atoms. The maximum Gasteiger partial charge on any atom is 0.325 e. The van der Waals surface area contributed by atoms with Gasteiger partial charge in [0.05, 0.1) is 11.3 Å². The van der Waals surface area contributed by atoms with E-state index in [1.54, 1.807) is 15.8 Å². The number of anilines is 1. The van der Waals surface area contributed by atoms with Crippen molar-refractivity contribution >= 4 is 23.4 Å². The molecule has 2 aromatic heterocycles. The van der Waals surface area contributed by atoms with E-state index in [1.165, 1.54) is 11.8 Å². The predicted molar refractivity (Wildman–Crippen MR) is 107 cm³/mol. The van der Waals surface area contributed by atoms with Crippen molar-refractivity contribution in [2.75, 3.05) is 11.2 Å². The molecule has 0 saturated heterocycles. The van der Waals surface area contributed by atoms with Gasteiger partial charge in [0.1, 0.15) is 5.69 Å². The first-order valence-electron chi connectivity index (χ1n) is 9.08. The third kappa shape index (κ3) is 2.99. The first-order valence-corrected chi connectivity index (χ1v) is 10.3. The van der Waals surface area contributed by atoms with Crippen LogP contribution in [0.2, 0.25) is 0 Å². The van der Waals surface area contributed by atoms with Crippen molar-refractivity contribution in [2.24, 2.45) is 0 Å². The lowest BCUT2D eigenvalue weighted by molar-refractivity contribution is -0.763. The summed E-state index contributed by atoms with van der Waals surface area (Å²) in [6.45, 7) is 1.97. The van der Waals surface area contributed by atoms with Gasteiger partial charge < -0.3 is 0 Å². The molecule has 0 fully saturated rings. The zero-order chi connectivity index (χ0) is 19.7. The topological polar surface area (TPSA) is 82.8 Å². The van der Waals surface area contributed by atoms with Crippen molar-refractivity contribution in [3.63, 3.8) is 0 Å². The van der Waals surface area contributed by atoms with E-state index in [1.807, 2.05) is 55.6 Å². The van der Waals surface area contributed by atoms with Crippen molar-refractivity contribution in [2.45, 2.75) is 31.1 Å². The van der Waals surface area contributed by atoms with Gasteiger partial charge in [0.2, 0.25) is 11.1 Å². The van der Waals surface area contributed by atoms with Crippen LogP contribution in [0.4, 0.5) is 5.69 Å². The van der Waals surface area contributed by atoms with E-state index in [0.717, 1.165) is 6.42 Å². The van der Waals surface area contributed by atoms with Gasteiger partial charge in [-0.2, -0.15) is 0 Å². The minimum Gasteiger partial charge on any atom is -0.291 e. The van der Waals surface area contributed by atoms with Gasteiger partial charge in [0.15, 0.2) is 0 Å². The second-order valence-electron chi connectivity index (χ2n) is 6.42. The Balaban J connectivity index is 2.06. The molecule has 8 heteroatoms. The SMILES string of the molecule is CCCC(=O)N1c2ccccc2-c2c(=O)[nH]c(SC)n[n+]2C1c1ccccn1. The number of fused-ring (bicyclic) bond motifs is 3. The number of carbonyl (C=O) groups is 1. The summed E-state index contributed by atoms with van der Waals surface area (Å²) >= 11 is 1.34. The number of rotatable bonds is 4. The summed E-state index contributed by atoms with van der Waals surface area (Å²) in [7, 11) is 0. The Morgan fingerprint density at radius 2 is 2.04 bits per heavy atom. The summed E-state index contributed by atoms with van der Waals surface area (Å²) in [4.78, 5) is 35.1. The number of H-pyrrole nitrogens is 1. The van der Waals surface area contributed by atoms with Crippen LogP contribution >= 0.6 is 11.8 Å². The van der Waals surface area contributed by atoms with Gasteiger partial charge in [-0.3, -0.25) is 19.6 Å². The fourth-order valence-electron chi connectivity index (χ4n) is 3.46. The van der Waals surface area contributed by atoms with Crippen LogP contribution in [0.3, 0.4) is 0 Å². The summed E-state index contributed by atoms with van der Waals surface area (Å²) in [6.07, 6.45) is 4.02. The van der Waals surface area contributed by atoms with Crippen molar-refractivity contribution in [1.29, 1.82) is 0 Å². The summed E-state index contributed by atoms with van der Waals surface area (Å²) in [5.74, 6) is -0.0310. The number of benzene rings is 1. The molecule has 0 radical (unpaired) electrons. The molecule has 3 aromatic rings. The smallest absolute Gasteiger partial charge is 0.291 e. The predicted octanol–water partition coefficient (Wildman–Crippen LogP) is 2.53. The van der Waals surface area contributed by atoms with Gasteiger partial charge >= 0.3 is 17.4 Å². The van der Waals surface area contributed by atoms with Crippen molar-refractivity contribution < 1.29 is 9.48 Å². The summed E-state index contributed by atoms with van der Waals surface area (Å²) in [6, 6.07) is 13.0. The molecule has 0 saturated carbocycles. The Morgan fingerprint density at radius 1 is 1.25 bits per heavy atom. The van der Waals surface area contributed by atoms with Gasteiger partial charge in [-0.15, -0.1) is 0 Å². The molecular formula is C20H20N5O2S+. The van der Waals surface area contributed by atoms with Gasteiger partial charge in [-0.1, -0.05) is 36.9 Å². The number of amides is 1. The highest BCUT2D eigenvalue weighted by Gasteiger charge is 2.46. The van der Waals surface area contributed by atoms with Crippen LogP contribution in [-0.4, -0.2) is 27.2 Å². The van der Waals surface area contributed by atoms with Gasteiger partial charge in [0, 0.05) is 17.7 Å². The number of hydrogen-bond acceptors (Lipinski definition) is 5. The van der Waals surface area contributed by atoms with Gasteiger partial charge in [-0.25, -0.2) is 4.90 Å². The maximum absolute atomic E-state index is 13.2. The first-order chi connectivity index (χ1) is 13.7. The number of hydrogen-bond donors (Lipinski definition) is 1. The molecular weight excluding hydrogens is 374 g/mol. The van der Waals surface area contributed by atoms with E-state index in [4.69, 9.17) is 0 Å². The number of aromatic nitrogens is 4. The number of thioether (sulfide) groups is 1. The van der Waals surface area contributed by atoms with E-state index in [9.17, 15) is 9.59 Å². The molecule has 3 heterocycles. The fourth-order valence-corrected chi connectivity index (χ4v) is 3.83. The molecule has 1 N–H and O–H groups in total. The zero-order valence-corrected chi connectivity index (χ0v) is 16.4. The highest BCUT2D eigenvalue weighted by atomic mass is 32.2. The highest BCUT2D eigenvalue weighted by molar-refractivity contribution is 7.98. The second kappa shape index (κ2) is 7.55. The Labute approximate surface area is 166 Å². The summed E-state index contributed by atoms with van der Waals surface area (Å²) in [5, 5.41) is 5.12. The lowest BCUT2D eigenvalue weighted by Crippen LogP contribution is -2.61. The largest absolute Gasteiger partial charge is 0.325 e. The lowest BCUT2D eigenvalue weighted by atomic mass is 10.0. The third-order valence-corrected chi connectivity index (χ3v) is 5.21. The summed E-state index contributed by atoms with van der Waals surface area (Å²) in [5.41, 5.74) is 2.21. The van der Waals surface area contributed by atoms with Crippen molar-refractivity contribution in [3.8, 4) is 11.3 Å². The molecule has 1 unspecified atom stereocenters. The minimum absolute atomic E-state index is 0.0310. The van der Waals surface area contributed by atoms with Crippen LogP contribution < -0.4 is 15.1 Å². The Bertz CT molecular complexity index is 1080. The fraction of sp³-hybridized carbons (Fsp3) is 0.250. The molecule has 0 aliphatic carbocycles. The molecule has 1 aliphatic rings. The van der Waals surface area contributed by atoms with E-state index in [-0.39, 0.29) is 11.5 Å². The lowest BCUT2D eigenvalue weighted by Gasteiger charge is -2.31. The van der Waals surface area contributed by atoms with Crippen molar-refractivity contribution in [1.82, 2.24) is 15.1 Å². The normalized spacial score (nSPS) is 15.1. The Hall–Kier alpha value is -3.00. The Kier molecular flexibility index (Phi) is 4.95. The second-order valence-corrected chi connectivity index (χ2v) is 7.21. The molecule has 1 atom stereocenters. The molecule has 28 heavy (non-hydrogen) atoms. The number of nitrogens with one attached hydrogen (secondary N) is 1. The van der Waals surface area contributed by atoms with E-state index in [0.29, 0.717) is 34.2 Å². The van der Waals surface area contributed by atoms with Gasteiger partial charge in [0.25, 0.3) is 0 Å². The van der Waals surface area contributed by atoms with Crippen LogP contribution in [0.1, 0.15) is 31.6 Å². The Morgan fingerprint density at radius 3 is 2.75 bits per heavy atom. The number of para-hydroxylation sites is 1. The van der Waals surface area contributed by atoms with Crippen LogP contribution in [0.15, 0.2) is 58.6 Å². The first kappa shape index (κ1) is 18.4. The number of pyridine rings is 1. The maximum atomic E-state index is 13.2. The van der Waals surface area contributed by atoms with Crippen LogP contribution in [0, 0.1) is 0 Å². The molecule has 142 valence electrons. The molecule has 4 rings (SSSR count). The number of carbonyl (C=O) groups excluding carboxylic acids is 1. The third-order valence-electron chi connectivity index (χ3n) is 4.64. The summed E-state index contributed by atoms with van der Waals surface area (Å²) < 4.78 is 1.63. The van der Waals surface area contributed by atoms with Crippen LogP contribution in [0.5, 0.6) is 0 Å². The number of nitrogens with zero attached hydrogens (tertiary/aromatic N) is 4. The van der Waals surface area contributed by atoms with Crippen molar-refractivity contribution in [3.05, 3.63) is 64.7 Å². The average molecular weight is 394 g/mol. The highest BCUT2D eigenvalue weighted by Crippen LogP contribution is 2.37. The van der Waals surface area contributed by atoms with Crippen LogP contribution in [0.25, 0.3) is 11.3 Å². The molecule has 1 aliphatic heterocycles. The quantitative estimate of drug-likeness (QED) is 0.543. The zero-order valence-electron chi connectivity index (χ0n) is 15.6. The number of aromatic amines is 1. The van der Waals surface area contributed by atoms with Crippen LogP contribution in [-0.2, 0) is 4.79 Å². The molecule has 0 spiro atoms. The van der Waals surface area contributed by atoms with E-state index in [2.05, 4.69) is 15.1 Å². The minimum atomic E-state index is -0.627.